The first-order valence-electron chi connectivity index (χ1n) is 4.65. The molecule has 0 atom stereocenters. The molecule has 0 fully saturated rings. The number of nitrogens with zero attached hydrogens (tertiary/aromatic N) is 3. The minimum Gasteiger partial charge on any atom is -0.476 e. The number of halogens is 1. The number of rotatable bonds is 5. The summed E-state index contributed by atoms with van der Waals surface area (Å²) in [5, 5.41) is 0.383. The van der Waals surface area contributed by atoms with E-state index in [2.05, 4.69) is 14.9 Å². The molecular weight excluding hydrogens is 216 g/mol. The van der Waals surface area contributed by atoms with E-state index >= 15 is 0 Å². The average molecular weight is 231 g/mol. The standard InChI is InChI=1S/C9H15ClN4O/c1-14(2)4-3-5-15-8-7(10)6-12-9(11)13-8/h6H,3-5H2,1-2H3,(H2,11,12,13). The van der Waals surface area contributed by atoms with Crippen LogP contribution in [-0.2, 0) is 0 Å². The molecule has 1 heterocycles. The van der Waals surface area contributed by atoms with E-state index in [-0.39, 0.29) is 5.95 Å². The molecule has 1 rings (SSSR count). The Hall–Kier alpha value is -1.07. The van der Waals surface area contributed by atoms with Crippen LogP contribution in [0.3, 0.4) is 0 Å². The lowest BCUT2D eigenvalue weighted by Crippen LogP contribution is -2.16. The average Bonchev–Trinajstić information content (AvgIpc) is 2.17. The van der Waals surface area contributed by atoms with Gasteiger partial charge in [0, 0.05) is 6.54 Å². The predicted molar refractivity (Wildman–Crippen MR) is 60.1 cm³/mol. The van der Waals surface area contributed by atoms with Crippen molar-refractivity contribution in [3.05, 3.63) is 11.2 Å². The van der Waals surface area contributed by atoms with Crippen LogP contribution in [0.2, 0.25) is 5.02 Å². The number of anilines is 1. The molecule has 6 heteroatoms. The Morgan fingerprint density at radius 2 is 2.27 bits per heavy atom. The van der Waals surface area contributed by atoms with Gasteiger partial charge in [0.15, 0.2) is 0 Å². The smallest absolute Gasteiger partial charge is 0.237 e. The molecule has 0 radical (unpaired) electrons. The highest BCUT2D eigenvalue weighted by molar-refractivity contribution is 6.31. The van der Waals surface area contributed by atoms with Crippen LogP contribution in [-0.4, -0.2) is 42.1 Å². The largest absolute Gasteiger partial charge is 0.476 e. The van der Waals surface area contributed by atoms with Crippen LogP contribution < -0.4 is 10.5 Å². The summed E-state index contributed by atoms with van der Waals surface area (Å²) in [6.07, 6.45) is 2.35. The Morgan fingerprint density at radius 1 is 1.53 bits per heavy atom. The van der Waals surface area contributed by atoms with Gasteiger partial charge in [0.05, 0.1) is 12.8 Å². The van der Waals surface area contributed by atoms with Crippen LogP contribution in [0.25, 0.3) is 0 Å². The molecule has 0 unspecified atom stereocenters. The summed E-state index contributed by atoms with van der Waals surface area (Å²) in [4.78, 5) is 9.71. The fourth-order valence-corrected chi connectivity index (χ4v) is 1.16. The van der Waals surface area contributed by atoms with Crippen LogP contribution in [0.4, 0.5) is 5.95 Å². The van der Waals surface area contributed by atoms with Gasteiger partial charge in [-0.1, -0.05) is 11.6 Å². The lowest BCUT2D eigenvalue weighted by Gasteiger charge is -2.10. The zero-order valence-electron chi connectivity index (χ0n) is 8.90. The minimum absolute atomic E-state index is 0.169. The van der Waals surface area contributed by atoms with E-state index < -0.39 is 0 Å². The molecule has 15 heavy (non-hydrogen) atoms. The van der Waals surface area contributed by atoms with E-state index in [1.54, 1.807) is 0 Å². The van der Waals surface area contributed by atoms with Crippen molar-refractivity contribution >= 4 is 17.5 Å². The molecule has 0 saturated carbocycles. The molecule has 0 amide bonds. The highest BCUT2D eigenvalue weighted by atomic mass is 35.5. The molecule has 0 saturated heterocycles. The molecule has 1 aromatic rings. The van der Waals surface area contributed by atoms with Gasteiger partial charge in [-0.05, 0) is 20.5 Å². The van der Waals surface area contributed by atoms with Crippen LogP contribution in [0.1, 0.15) is 6.42 Å². The number of ether oxygens (including phenoxy) is 1. The normalized spacial score (nSPS) is 10.7. The van der Waals surface area contributed by atoms with Crippen LogP contribution in [0.5, 0.6) is 5.88 Å². The SMILES string of the molecule is CN(C)CCCOc1nc(N)ncc1Cl. The van der Waals surface area contributed by atoms with Crippen LogP contribution >= 0.6 is 11.6 Å². The summed E-state index contributed by atoms with van der Waals surface area (Å²) in [6, 6.07) is 0. The van der Waals surface area contributed by atoms with E-state index in [4.69, 9.17) is 22.1 Å². The molecular formula is C9H15ClN4O. The van der Waals surface area contributed by atoms with Crippen molar-refractivity contribution < 1.29 is 4.74 Å². The Labute approximate surface area is 94.2 Å². The van der Waals surface area contributed by atoms with Gasteiger partial charge in [0.1, 0.15) is 5.02 Å². The van der Waals surface area contributed by atoms with Gasteiger partial charge >= 0.3 is 0 Å². The van der Waals surface area contributed by atoms with Gasteiger partial charge in [-0.25, -0.2) is 4.98 Å². The molecule has 5 nitrogen and oxygen atoms in total. The maximum absolute atomic E-state index is 5.82. The highest BCUT2D eigenvalue weighted by Crippen LogP contribution is 2.20. The molecule has 0 spiro atoms. The van der Waals surface area contributed by atoms with Gasteiger partial charge < -0.3 is 15.4 Å². The molecule has 0 aromatic carbocycles. The van der Waals surface area contributed by atoms with Crippen LogP contribution in [0.15, 0.2) is 6.20 Å². The van der Waals surface area contributed by atoms with E-state index in [9.17, 15) is 0 Å². The van der Waals surface area contributed by atoms with Crippen molar-refractivity contribution in [2.24, 2.45) is 0 Å². The summed E-state index contributed by atoms with van der Waals surface area (Å²) in [5.74, 6) is 0.518. The Balaban J connectivity index is 2.40. The third kappa shape index (κ3) is 4.31. The molecule has 0 aliphatic heterocycles. The summed E-state index contributed by atoms with van der Waals surface area (Å²) < 4.78 is 5.38. The van der Waals surface area contributed by atoms with Gasteiger partial charge in [-0.15, -0.1) is 0 Å². The topological polar surface area (TPSA) is 64.3 Å². The minimum atomic E-state index is 0.169. The fourth-order valence-electron chi connectivity index (χ4n) is 1.02. The number of nitrogen functional groups attached to an aromatic ring is 1. The van der Waals surface area contributed by atoms with Gasteiger partial charge in [-0.3, -0.25) is 0 Å². The van der Waals surface area contributed by atoms with Crippen molar-refractivity contribution in [3.8, 4) is 5.88 Å². The number of hydrogen-bond acceptors (Lipinski definition) is 5. The monoisotopic (exact) mass is 230 g/mol. The maximum atomic E-state index is 5.82. The Morgan fingerprint density at radius 3 is 2.93 bits per heavy atom. The van der Waals surface area contributed by atoms with Crippen molar-refractivity contribution in [1.29, 1.82) is 0 Å². The summed E-state index contributed by atoms with van der Waals surface area (Å²) >= 11 is 5.82. The van der Waals surface area contributed by atoms with E-state index in [0.29, 0.717) is 17.5 Å². The third-order valence-corrected chi connectivity index (χ3v) is 1.98. The highest BCUT2D eigenvalue weighted by Gasteiger charge is 2.04. The second-order valence-electron chi connectivity index (χ2n) is 3.39. The molecule has 1 aromatic heterocycles. The number of aromatic nitrogens is 2. The van der Waals surface area contributed by atoms with Crippen molar-refractivity contribution in [2.45, 2.75) is 6.42 Å². The van der Waals surface area contributed by atoms with Crippen molar-refractivity contribution in [3.63, 3.8) is 0 Å². The second kappa shape index (κ2) is 5.72. The van der Waals surface area contributed by atoms with Crippen molar-refractivity contribution in [1.82, 2.24) is 14.9 Å². The third-order valence-electron chi connectivity index (χ3n) is 1.72. The molecule has 0 aliphatic rings. The van der Waals surface area contributed by atoms with E-state index in [0.717, 1.165) is 13.0 Å². The molecule has 84 valence electrons. The van der Waals surface area contributed by atoms with Gasteiger partial charge in [-0.2, -0.15) is 4.98 Å². The number of hydrogen-bond donors (Lipinski definition) is 1. The van der Waals surface area contributed by atoms with Gasteiger partial charge in [0.2, 0.25) is 11.8 Å². The van der Waals surface area contributed by atoms with Gasteiger partial charge in [0.25, 0.3) is 0 Å². The predicted octanol–water partition coefficient (Wildman–Crippen LogP) is 1.04. The zero-order valence-corrected chi connectivity index (χ0v) is 9.66. The van der Waals surface area contributed by atoms with Crippen LogP contribution in [0, 0.1) is 0 Å². The zero-order chi connectivity index (χ0) is 11.3. The fraction of sp³-hybridized carbons (Fsp3) is 0.556. The molecule has 0 aliphatic carbocycles. The molecule has 2 N–H and O–H groups in total. The summed E-state index contributed by atoms with van der Waals surface area (Å²) in [5.41, 5.74) is 5.41. The lowest BCUT2D eigenvalue weighted by atomic mass is 10.4. The first-order valence-corrected chi connectivity index (χ1v) is 5.03. The number of nitrogens with two attached hydrogens (primary N) is 1. The van der Waals surface area contributed by atoms with E-state index in [1.165, 1.54) is 6.20 Å². The molecule has 0 bridgehead atoms. The Kier molecular flexibility index (Phi) is 4.58. The van der Waals surface area contributed by atoms with E-state index in [1.807, 2.05) is 14.1 Å². The maximum Gasteiger partial charge on any atom is 0.237 e. The quantitative estimate of drug-likeness (QED) is 0.766. The summed E-state index contributed by atoms with van der Waals surface area (Å²) in [7, 11) is 4.02. The first-order chi connectivity index (χ1) is 7.09. The lowest BCUT2D eigenvalue weighted by molar-refractivity contribution is 0.273. The summed E-state index contributed by atoms with van der Waals surface area (Å²) in [6.45, 7) is 1.52. The van der Waals surface area contributed by atoms with Crippen molar-refractivity contribution in [2.75, 3.05) is 33.0 Å². The Bertz CT molecular complexity index is 319. The first kappa shape index (κ1) is 12.0. The second-order valence-corrected chi connectivity index (χ2v) is 3.79.